The fraction of sp³-hybridized carbons (Fsp3) is 0.823. The Kier molecular flexibility index (Phi) is 33.9. The Morgan fingerprint density at radius 2 is 1.32 bits per heavy atom. The standard InChI is InChI=1S/C42H67BN4O14.C37H61BN6O8/c1-10-32-28(21-57-42-40(56-9)39(55-8)36(53)26(6)59-42)17-22(2)11-12-30(49)23(3)18-27(14-16-48)38(24(4)31(50)19-33(51)60-32)61-41-37(54)34(35(52)25(5)58-41)46(7)15-13-29-20-47(43)45-44-29;1-12-28-37(9)31-25(7)29(39-14-16-43(31)35(47)52-37)20(2)18-36(8,48-11)32(23(5)22(4)24(6)33(46)50-28)51-34-30(45)27(17-21(3)49-34)42(10)15-13-26-19-44(38)41-40-26/h11-12,16-17,20,23-28,31-32,34-42,50,52-54H,10,13-15,18-19,21H2,1-9H3;19-25,27-28,30-32,34,45H,12-18H2,1-11H3/b12-11+,22-17+;/t23-,24+,25?,26?,27+,28?,31-,32?,34?,35?,36?,37?,38-,39?,40?,41+,42?;20-,21-,22+,23+,24-,25-,27?,28-,30-,31-,32-,34-,36-,37-/m11/s1. The van der Waals surface area contributed by atoms with Gasteiger partial charge < -0.3 is 101 Å². The van der Waals surface area contributed by atoms with Crippen molar-refractivity contribution in [2.75, 3.05) is 68.2 Å². The number of nitrogens with zero attached hydrogens (tertiary/aromatic N) is 10. The average Bonchev–Trinajstić information content (AvgIpc) is 1.59. The van der Waals surface area contributed by atoms with Crippen LogP contribution in [0.1, 0.15) is 160 Å². The highest BCUT2D eigenvalue weighted by atomic mass is 16.7. The van der Waals surface area contributed by atoms with E-state index in [9.17, 15) is 49.5 Å². The fourth-order valence-electron chi connectivity index (χ4n) is 18.0. The molecule has 2 aromatic heterocycles. The van der Waals surface area contributed by atoms with E-state index in [0.29, 0.717) is 82.3 Å². The van der Waals surface area contributed by atoms with Crippen LogP contribution in [0, 0.1) is 53.3 Å². The Labute approximate surface area is 669 Å². The lowest BCUT2D eigenvalue weighted by molar-refractivity contribution is -0.305. The third kappa shape index (κ3) is 22.3. The molecule has 5 N–H and O–H groups in total. The van der Waals surface area contributed by atoms with Crippen molar-refractivity contribution in [2.45, 2.75) is 295 Å². The molecule has 0 spiro atoms. The van der Waals surface area contributed by atoms with Crippen LogP contribution in [0.4, 0.5) is 4.79 Å². The molecular weight excluding hydrogens is 1460 g/mol. The quantitative estimate of drug-likeness (QED) is 0.0482. The van der Waals surface area contributed by atoms with Crippen LogP contribution < -0.4 is 0 Å². The summed E-state index contributed by atoms with van der Waals surface area (Å²) in [6.07, 6.45) is -3.95. The maximum absolute atomic E-state index is 14.0. The molecule has 4 radical (unpaired) electrons. The van der Waals surface area contributed by atoms with Crippen molar-refractivity contribution in [1.82, 2.24) is 44.5 Å². The number of aliphatic imine (C=N–C) groups is 1. The van der Waals surface area contributed by atoms with Crippen LogP contribution in [-0.2, 0) is 88.9 Å². The van der Waals surface area contributed by atoms with Gasteiger partial charge in [-0.15, -0.1) is 10.2 Å². The Morgan fingerprint density at radius 1 is 0.699 bits per heavy atom. The lowest BCUT2D eigenvalue weighted by Gasteiger charge is -2.49. The number of esters is 2. The molecular formula is C79H128B2N10O22. The number of rotatable bonds is 22. The number of carbonyl (C=O) groups is 5. The number of aldehydes is 1. The summed E-state index contributed by atoms with van der Waals surface area (Å²) in [5, 5.41) is 72.9. The minimum atomic E-state index is -1.40. The monoisotopic (exact) mass is 1590 g/mol. The molecule has 2 bridgehead atoms. The third-order valence-electron chi connectivity index (χ3n) is 25.1. The van der Waals surface area contributed by atoms with Crippen molar-refractivity contribution in [3.8, 4) is 0 Å². The Bertz CT molecular complexity index is 3510. The molecule has 2 aromatic rings. The summed E-state index contributed by atoms with van der Waals surface area (Å²) in [5.74, 6) is -5.20. The SMILES string of the molecule is [B]n1cc(CCN(C)C2C(O)C(C)O[C@@H](O[C@H]3[C@@H](CC=O)C[C@@H](C)C(=O)/C=C/C(C)=C/C(COC4OC(C)C(O)C(OC)C4OC)C(CC)OC(=O)C[C@@H](O)[C@@H]3C)C2O)nn1.[B]n1cc(CCN(C)C2C[C@@H](C)O[C@H](O[C@@H]3[C@@H](C)[C@H](C)[C@@H](C)C(=O)O[C@H](CC)[C@@]4(C)OC(=O)N5CCN=C([C@H](C)C[C@@]3(C)OC)[C@@H](C)[C@@H]54)[C@@H]2O)nn1. The minimum Gasteiger partial charge on any atom is -0.462 e. The summed E-state index contributed by atoms with van der Waals surface area (Å²) in [4.78, 5) is 77.7. The zero-order valence-electron chi connectivity index (χ0n) is 69.9. The number of aliphatic hydroxyl groups is 5. The summed E-state index contributed by atoms with van der Waals surface area (Å²) in [6.45, 7) is 30.3. The molecule has 32 nitrogen and oxygen atoms in total. The highest BCUT2D eigenvalue weighted by Crippen LogP contribution is 2.46. The molecule has 113 heavy (non-hydrogen) atoms. The number of aromatic nitrogens is 6. The number of ether oxygens (including phenoxy) is 12. The number of likely N-dealkylation sites (N-methyl/N-ethyl adjacent to an activating group) is 2. The van der Waals surface area contributed by atoms with Crippen LogP contribution in [0.15, 0.2) is 41.2 Å². The van der Waals surface area contributed by atoms with Crippen LogP contribution in [0.2, 0.25) is 0 Å². The van der Waals surface area contributed by atoms with E-state index in [1.54, 1.807) is 77.0 Å². The fourth-order valence-corrected chi connectivity index (χ4v) is 18.0. The van der Waals surface area contributed by atoms with Gasteiger partial charge in [0, 0.05) is 108 Å². The van der Waals surface area contributed by atoms with E-state index < -0.39 is 164 Å². The predicted molar refractivity (Wildman–Crippen MR) is 415 cm³/mol. The number of fused-ring (bicyclic) bond motifs is 1. The predicted octanol–water partition coefficient (Wildman–Crippen LogP) is 3.98. The van der Waals surface area contributed by atoms with Crippen LogP contribution in [-0.4, -0.2) is 324 Å². The largest absolute Gasteiger partial charge is 0.462 e. The van der Waals surface area contributed by atoms with Gasteiger partial charge in [-0.3, -0.25) is 29.2 Å². The first kappa shape index (κ1) is 93.0. The number of methoxy groups -OCH3 is 3. The molecule has 9 heterocycles. The number of aliphatic hydroxyl groups excluding tert-OH is 5. The molecule has 34 heteroatoms. The molecule has 7 aliphatic heterocycles. The van der Waals surface area contributed by atoms with Crippen molar-refractivity contribution in [1.29, 1.82) is 0 Å². The number of hydrogen-bond acceptors (Lipinski definition) is 29. The van der Waals surface area contributed by atoms with Gasteiger partial charge in [0.1, 0.15) is 49.0 Å². The number of hydrogen-bond donors (Lipinski definition) is 5. The second-order valence-corrected chi connectivity index (χ2v) is 33.1. The second kappa shape index (κ2) is 41.2. The number of cyclic esters (lactones) is 2. The van der Waals surface area contributed by atoms with E-state index in [1.165, 1.54) is 24.9 Å². The molecule has 9 rings (SSSR count). The van der Waals surface area contributed by atoms with E-state index in [2.05, 4.69) is 46.3 Å². The lowest BCUT2D eigenvalue weighted by atomic mass is 9.71. The summed E-state index contributed by atoms with van der Waals surface area (Å²) >= 11 is 0. The van der Waals surface area contributed by atoms with Crippen LogP contribution in [0.3, 0.4) is 0 Å². The second-order valence-electron chi connectivity index (χ2n) is 33.1. The Balaban J connectivity index is 0.000000287. The van der Waals surface area contributed by atoms with Gasteiger partial charge in [0.15, 0.2) is 30.3 Å². The van der Waals surface area contributed by atoms with E-state index in [0.717, 1.165) is 16.0 Å². The molecule has 1 amide bonds. The van der Waals surface area contributed by atoms with Gasteiger partial charge in [-0.05, 0) is 117 Å². The molecule has 5 fully saturated rings. The van der Waals surface area contributed by atoms with E-state index in [4.69, 9.17) is 77.8 Å². The first-order valence-electron chi connectivity index (χ1n) is 40.3. The van der Waals surface area contributed by atoms with Gasteiger partial charge in [-0.2, -0.15) is 0 Å². The van der Waals surface area contributed by atoms with Gasteiger partial charge in [0.05, 0.1) is 97.3 Å². The maximum Gasteiger partial charge on any atom is 0.410 e. The van der Waals surface area contributed by atoms with Crippen LogP contribution in [0.25, 0.3) is 0 Å². The first-order valence-corrected chi connectivity index (χ1v) is 40.3. The number of ketones is 1. The van der Waals surface area contributed by atoms with Crippen molar-refractivity contribution in [3.63, 3.8) is 0 Å². The smallest absolute Gasteiger partial charge is 0.410 e. The molecule has 7 aliphatic rings. The normalized spacial score (nSPS) is 40.9. The molecule has 0 aliphatic carbocycles. The summed E-state index contributed by atoms with van der Waals surface area (Å²) < 4.78 is 76.5. The summed E-state index contributed by atoms with van der Waals surface area (Å²) in [5.41, 5.74) is 1.07. The van der Waals surface area contributed by atoms with E-state index in [-0.39, 0.29) is 73.1 Å². The maximum atomic E-state index is 14.0. The molecule has 5 saturated heterocycles. The van der Waals surface area contributed by atoms with Crippen molar-refractivity contribution in [3.05, 3.63) is 47.6 Å². The van der Waals surface area contributed by atoms with Gasteiger partial charge in [-0.25, -0.2) is 4.79 Å². The van der Waals surface area contributed by atoms with Crippen molar-refractivity contribution < 1.29 is 106 Å². The van der Waals surface area contributed by atoms with Gasteiger partial charge in [-0.1, -0.05) is 90.5 Å². The van der Waals surface area contributed by atoms with Gasteiger partial charge >= 0.3 is 18.0 Å². The molecule has 12 unspecified atom stereocenters. The topological polar surface area (TPSA) is 381 Å². The van der Waals surface area contributed by atoms with Gasteiger partial charge in [0.25, 0.3) is 16.0 Å². The molecule has 632 valence electrons. The zero-order valence-corrected chi connectivity index (χ0v) is 69.9. The third-order valence-corrected chi connectivity index (χ3v) is 25.1. The number of amides is 1. The summed E-state index contributed by atoms with van der Waals surface area (Å²) in [7, 11) is 19.7. The van der Waals surface area contributed by atoms with Crippen LogP contribution >= 0.6 is 0 Å². The van der Waals surface area contributed by atoms with E-state index in [1.807, 2.05) is 61.6 Å². The van der Waals surface area contributed by atoms with Gasteiger partial charge in [0.2, 0.25) is 0 Å². The number of carbonyl (C=O) groups excluding carboxylic acids is 5. The molecule has 0 saturated carbocycles. The molecule has 31 atom stereocenters. The Morgan fingerprint density at radius 3 is 1.91 bits per heavy atom. The van der Waals surface area contributed by atoms with E-state index >= 15 is 0 Å². The van der Waals surface area contributed by atoms with Crippen molar-refractivity contribution >= 4 is 51.8 Å². The van der Waals surface area contributed by atoms with Crippen molar-refractivity contribution in [2.24, 2.45) is 58.3 Å². The summed E-state index contributed by atoms with van der Waals surface area (Å²) in [6, 6.07) is -1.49. The lowest BCUT2D eigenvalue weighted by Crippen LogP contribution is -2.64. The highest BCUT2D eigenvalue weighted by molar-refractivity contribution is 6.05. The zero-order chi connectivity index (χ0) is 83.4. The van der Waals surface area contributed by atoms with Crippen LogP contribution in [0.5, 0.6) is 0 Å². The Hall–Kier alpha value is -5.53. The number of allylic oxidation sites excluding steroid dienone is 3. The first-order chi connectivity index (χ1) is 53.4. The average molecular weight is 1590 g/mol. The molecule has 0 aromatic carbocycles. The minimum absolute atomic E-state index is 0.00430. The highest BCUT2D eigenvalue weighted by Gasteiger charge is 2.61.